The first kappa shape index (κ1) is 18.2. The molecule has 2 aliphatic heterocycles. The Morgan fingerprint density at radius 1 is 1.33 bits per heavy atom. The normalized spacial score (nSPS) is 23.8. The van der Waals surface area contributed by atoms with E-state index < -0.39 is 12.2 Å². The molecule has 1 aromatic heterocycles. The van der Waals surface area contributed by atoms with Gasteiger partial charge in [0.25, 0.3) is 0 Å². The Bertz CT molecular complexity index is 833. The van der Waals surface area contributed by atoms with Crippen LogP contribution < -0.4 is 10.6 Å². The van der Waals surface area contributed by atoms with E-state index in [-0.39, 0.29) is 12.5 Å². The van der Waals surface area contributed by atoms with Crippen molar-refractivity contribution in [2.45, 2.75) is 32.1 Å². The number of nitrogens with zero attached hydrogens (tertiary/aromatic N) is 4. The van der Waals surface area contributed by atoms with E-state index >= 15 is 0 Å². The number of piperidine rings is 1. The van der Waals surface area contributed by atoms with Gasteiger partial charge in [0.2, 0.25) is 11.9 Å². The van der Waals surface area contributed by atoms with Crippen LogP contribution in [0.1, 0.15) is 12.0 Å². The average Bonchev–Trinajstić information content (AvgIpc) is 3.02. The highest BCUT2D eigenvalue weighted by molar-refractivity contribution is 5.84. The lowest BCUT2D eigenvalue weighted by molar-refractivity contribution is -0.135. The molecule has 4 rings (SSSR count). The summed E-state index contributed by atoms with van der Waals surface area (Å²) in [7, 11) is 0. The smallest absolute Gasteiger partial charge is 0.242 e. The molecule has 2 N–H and O–H groups in total. The summed E-state index contributed by atoms with van der Waals surface area (Å²) in [6.45, 7) is 5.53. The van der Waals surface area contributed by atoms with Crippen LogP contribution in [0.5, 0.6) is 0 Å². The Morgan fingerprint density at radius 2 is 2.11 bits per heavy atom. The summed E-state index contributed by atoms with van der Waals surface area (Å²) in [6, 6.07) is 5.47. The Kier molecular flexibility index (Phi) is 5.01. The number of anilines is 1. The van der Waals surface area contributed by atoms with E-state index in [1.165, 1.54) is 0 Å². The highest BCUT2D eigenvalue weighted by Gasteiger charge is 2.30. The van der Waals surface area contributed by atoms with Crippen LogP contribution in [0.15, 0.2) is 18.2 Å². The number of amides is 1. The maximum absolute atomic E-state index is 13.8. The number of benzene rings is 1. The predicted molar refractivity (Wildman–Crippen MR) is 102 cm³/mol. The number of aromatic nitrogens is 2. The summed E-state index contributed by atoms with van der Waals surface area (Å²) in [5.74, 6) is 0.740. The second-order valence-electron chi connectivity index (χ2n) is 7.40. The van der Waals surface area contributed by atoms with Crippen molar-refractivity contribution in [1.82, 2.24) is 14.5 Å². The number of hydrogen-bond donors (Lipinski definition) is 1. The minimum Gasteiger partial charge on any atom is -0.378 e. The minimum absolute atomic E-state index is 0.0463. The first-order valence-corrected chi connectivity index (χ1v) is 9.50. The van der Waals surface area contributed by atoms with Crippen LogP contribution in [0.2, 0.25) is 0 Å². The van der Waals surface area contributed by atoms with E-state index in [4.69, 9.17) is 15.5 Å². The number of aryl methyl sites for hydroxylation is 1. The van der Waals surface area contributed by atoms with Crippen LogP contribution >= 0.6 is 0 Å². The molecule has 2 atom stereocenters. The highest BCUT2D eigenvalue weighted by Crippen LogP contribution is 2.27. The van der Waals surface area contributed by atoms with Gasteiger partial charge >= 0.3 is 0 Å². The van der Waals surface area contributed by atoms with Gasteiger partial charge in [-0.15, -0.1) is 0 Å². The Labute approximate surface area is 157 Å². The van der Waals surface area contributed by atoms with Gasteiger partial charge in [-0.25, -0.2) is 9.37 Å². The lowest BCUT2D eigenvalue weighted by Gasteiger charge is -2.34. The number of alkyl halides is 1. The molecule has 8 heteroatoms. The summed E-state index contributed by atoms with van der Waals surface area (Å²) in [6.07, 6.45) is -0.614. The van der Waals surface area contributed by atoms with E-state index in [0.717, 1.165) is 16.6 Å². The van der Waals surface area contributed by atoms with Gasteiger partial charge in [-0.1, -0.05) is 6.07 Å². The first-order chi connectivity index (χ1) is 13.0. The topological polar surface area (TPSA) is 76.6 Å². The van der Waals surface area contributed by atoms with E-state index in [0.29, 0.717) is 51.8 Å². The van der Waals surface area contributed by atoms with Gasteiger partial charge in [0.15, 0.2) is 0 Å². The van der Waals surface area contributed by atoms with E-state index in [1.54, 1.807) is 0 Å². The molecule has 2 aliphatic rings. The van der Waals surface area contributed by atoms with Gasteiger partial charge in [-0.3, -0.25) is 4.79 Å². The number of halogens is 1. The van der Waals surface area contributed by atoms with Crippen molar-refractivity contribution in [3.05, 3.63) is 23.8 Å². The maximum Gasteiger partial charge on any atom is 0.242 e. The molecule has 1 amide bonds. The third kappa shape index (κ3) is 3.64. The van der Waals surface area contributed by atoms with E-state index in [2.05, 4.69) is 0 Å². The molecular weight excluding hydrogens is 349 g/mol. The SMILES string of the molecule is Cc1ccc2nc(N3CC[C@H](F)[C@H](N)C3)n(CC(=O)N3CCOCC3)c2c1. The number of morpholine rings is 1. The highest BCUT2D eigenvalue weighted by atomic mass is 19.1. The standard InChI is InChI=1S/C19H26FN5O2/c1-13-2-3-16-17(10-13)25(12-18(26)23-6-8-27-9-7-23)19(22-16)24-5-4-14(20)15(21)11-24/h2-3,10,14-15H,4-9,11-12,21H2,1H3/t14-,15+/m0/s1. The molecule has 146 valence electrons. The number of carbonyl (C=O) groups is 1. The van der Waals surface area contributed by atoms with Crippen LogP contribution in [0.4, 0.5) is 10.3 Å². The van der Waals surface area contributed by atoms with Crippen molar-refractivity contribution in [2.24, 2.45) is 5.73 Å². The maximum atomic E-state index is 13.8. The number of carbonyl (C=O) groups excluding carboxylic acids is 1. The summed E-state index contributed by atoms with van der Waals surface area (Å²) >= 11 is 0. The Hall–Kier alpha value is -2.19. The largest absolute Gasteiger partial charge is 0.378 e. The zero-order valence-electron chi connectivity index (χ0n) is 15.6. The lowest BCUT2D eigenvalue weighted by atomic mass is 10.1. The van der Waals surface area contributed by atoms with Crippen LogP contribution in [-0.2, 0) is 16.1 Å². The fraction of sp³-hybridized carbons (Fsp3) is 0.579. The third-order valence-corrected chi connectivity index (χ3v) is 5.39. The zero-order chi connectivity index (χ0) is 19.0. The van der Waals surface area contributed by atoms with Crippen molar-refractivity contribution in [1.29, 1.82) is 0 Å². The zero-order valence-corrected chi connectivity index (χ0v) is 15.6. The van der Waals surface area contributed by atoms with Gasteiger partial charge < -0.3 is 24.8 Å². The Morgan fingerprint density at radius 3 is 2.85 bits per heavy atom. The van der Waals surface area contributed by atoms with E-state index in [9.17, 15) is 9.18 Å². The van der Waals surface area contributed by atoms with Crippen molar-refractivity contribution in [3.63, 3.8) is 0 Å². The molecule has 0 aliphatic carbocycles. The summed E-state index contributed by atoms with van der Waals surface area (Å²) in [5, 5.41) is 0. The quantitative estimate of drug-likeness (QED) is 0.869. The van der Waals surface area contributed by atoms with Crippen molar-refractivity contribution >= 4 is 22.9 Å². The van der Waals surface area contributed by atoms with Crippen molar-refractivity contribution < 1.29 is 13.9 Å². The van der Waals surface area contributed by atoms with Gasteiger partial charge in [0, 0.05) is 26.2 Å². The monoisotopic (exact) mass is 375 g/mol. The fourth-order valence-electron chi connectivity index (χ4n) is 3.80. The van der Waals surface area contributed by atoms with Crippen LogP contribution in [0.25, 0.3) is 11.0 Å². The number of nitrogens with two attached hydrogens (primary N) is 1. The number of imidazole rings is 1. The first-order valence-electron chi connectivity index (χ1n) is 9.50. The molecule has 0 saturated carbocycles. The minimum atomic E-state index is -0.990. The van der Waals surface area contributed by atoms with Crippen molar-refractivity contribution in [2.75, 3.05) is 44.3 Å². The van der Waals surface area contributed by atoms with Crippen molar-refractivity contribution in [3.8, 4) is 0 Å². The second kappa shape index (κ2) is 7.44. The molecule has 2 fully saturated rings. The molecule has 3 heterocycles. The van der Waals surface area contributed by atoms with Gasteiger partial charge in [-0.2, -0.15) is 0 Å². The molecule has 7 nitrogen and oxygen atoms in total. The summed E-state index contributed by atoms with van der Waals surface area (Å²) in [5.41, 5.74) is 8.81. The van der Waals surface area contributed by atoms with Gasteiger partial charge in [-0.05, 0) is 31.0 Å². The third-order valence-electron chi connectivity index (χ3n) is 5.39. The second-order valence-corrected chi connectivity index (χ2v) is 7.40. The molecule has 1 aromatic carbocycles. The predicted octanol–water partition coefficient (Wildman–Crippen LogP) is 1.08. The fourth-order valence-corrected chi connectivity index (χ4v) is 3.80. The van der Waals surface area contributed by atoms with Crippen LogP contribution in [0, 0.1) is 6.92 Å². The molecule has 2 saturated heterocycles. The molecule has 0 bridgehead atoms. The number of hydrogen-bond acceptors (Lipinski definition) is 5. The molecule has 0 spiro atoms. The number of ether oxygens (including phenoxy) is 1. The summed E-state index contributed by atoms with van der Waals surface area (Å²) < 4.78 is 21.1. The molecule has 0 unspecified atom stereocenters. The van der Waals surface area contributed by atoms with E-state index in [1.807, 2.05) is 39.5 Å². The summed E-state index contributed by atoms with van der Waals surface area (Å²) in [4.78, 5) is 21.4. The average molecular weight is 375 g/mol. The Balaban J connectivity index is 1.68. The van der Waals surface area contributed by atoms with Gasteiger partial charge in [0.05, 0.1) is 30.3 Å². The molecule has 27 heavy (non-hydrogen) atoms. The lowest BCUT2D eigenvalue weighted by Crippen LogP contribution is -2.50. The number of rotatable bonds is 3. The van der Waals surface area contributed by atoms with Gasteiger partial charge in [0.1, 0.15) is 12.7 Å². The van der Waals surface area contributed by atoms with Crippen LogP contribution in [-0.4, -0.2) is 72.0 Å². The molecular formula is C19H26FN5O2. The molecule has 0 radical (unpaired) electrons. The number of fused-ring (bicyclic) bond motifs is 1. The molecule has 2 aromatic rings. The van der Waals surface area contributed by atoms with Crippen LogP contribution in [0.3, 0.4) is 0 Å².